The molecule has 0 aliphatic carbocycles. The lowest BCUT2D eigenvalue weighted by atomic mass is 10.1. The molecule has 1 aliphatic rings. The number of likely N-dealkylation sites (N-methyl/N-ethyl adjacent to an activating group) is 1. The lowest BCUT2D eigenvalue weighted by Gasteiger charge is -2.32. The van der Waals surface area contributed by atoms with Crippen LogP contribution in [0.15, 0.2) is 18.2 Å². The number of carbonyl (C=O) groups excluding carboxylic acids is 2. The number of piperidine rings is 1. The number of ether oxygens (including phenoxy) is 1. The average molecular weight is 402 g/mol. The van der Waals surface area contributed by atoms with Crippen LogP contribution in [0.25, 0.3) is 0 Å². The van der Waals surface area contributed by atoms with Gasteiger partial charge in [0, 0.05) is 35.7 Å². The molecule has 2 rings (SSSR count). The van der Waals surface area contributed by atoms with Crippen LogP contribution in [0.2, 0.25) is 10.0 Å². The summed E-state index contributed by atoms with van der Waals surface area (Å²) >= 11 is 12.1. The molecule has 2 amide bonds. The zero-order valence-corrected chi connectivity index (χ0v) is 16.6. The minimum Gasteiger partial charge on any atom is -0.450 e. The number of carbonyl (C=O) groups is 2. The number of hydrogen-bond acceptors (Lipinski definition) is 4. The minimum absolute atomic E-state index is 0.0350. The van der Waals surface area contributed by atoms with Gasteiger partial charge in [-0.15, -0.1) is 0 Å². The number of nitrogens with zero attached hydrogens (tertiary/aromatic N) is 2. The summed E-state index contributed by atoms with van der Waals surface area (Å²) in [7, 11) is 1.87. The molecule has 1 heterocycles. The minimum atomic E-state index is -0.281. The van der Waals surface area contributed by atoms with Gasteiger partial charge in [-0.05, 0) is 44.5 Å². The molecule has 144 valence electrons. The SMILES string of the molecule is CCOC(=O)N1CCC(NC(=O)CN(C)Cc2ccc(Cl)cc2Cl)CC1. The van der Waals surface area contributed by atoms with Crippen molar-refractivity contribution < 1.29 is 14.3 Å². The number of nitrogens with one attached hydrogen (secondary N) is 1. The van der Waals surface area contributed by atoms with Gasteiger partial charge in [-0.1, -0.05) is 29.3 Å². The van der Waals surface area contributed by atoms with Crippen molar-refractivity contribution in [2.45, 2.75) is 32.4 Å². The van der Waals surface area contributed by atoms with Crippen molar-refractivity contribution >= 4 is 35.2 Å². The van der Waals surface area contributed by atoms with Crippen molar-refractivity contribution in [2.75, 3.05) is 33.3 Å². The molecular weight excluding hydrogens is 377 g/mol. The molecule has 0 spiro atoms. The Bertz CT molecular complexity index is 634. The van der Waals surface area contributed by atoms with Crippen LogP contribution in [-0.2, 0) is 16.1 Å². The van der Waals surface area contributed by atoms with Crippen molar-refractivity contribution in [1.29, 1.82) is 0 Å². The lowest BCUT2D eigenvalue weighted by Crippen LogP contribution is -2.48. The Morgan fingerprint density at radius 3 is 2.62 bits per heavy atom. The first kappa shape index (κ1) is 20.8. The highest BCUT2D eigenvalue weighted by Crippen LogP contribution is 2.22. The summed E-state index contributed by atoms with van der Waals surface area (Å²) < 4.78 is 5.00. The number of hydrogen-bond donors (Lipinski definition) is 1. The summed E-state index contributed by atoms with van der Waals surface area (Å²) in [4.78, 5) is 27.5. The third-order valence-corrected chi connectivity index (χ3v) is 4.84. The van der Waals surface area contributed by atoms with Crippen LogP contribution in [0.4, 0.5) is 4.79 Å². The molecular formula is C18H25Cl2N3O3. The highest BCUT2D eigenvalue weighted by atomic mass is 35.5. The van der Waals surface area contributed by atoms with Gasteiger partial charge in [0.1, 0.15) is 0 Å². The van der Waals surface area contributed by atoms with E-state index in [2.05, 4.69) is 5.32 Å². The molecule has 1 aliphatic heterocycles. The molecule has 1 N–H and O–H groups in total. The molecule has 0 radical (unpaired) electrons. The Hall–Kier alpha value is -1.50. The third-order valence-electron chi connectivity index (χ3n) is 4.25. The van der Waals surface area contributed by atoms with E-state index in [4.69, 9.17) is 27.9 Å². The quantitative estimate of drug-likeness (QED) is 0.794. The van der Waals surface area contributed by atoms with Gasteiger partial charge in [-0.2, -0.15) is 0 Å². The fourth-order valence-electron chi connectivity index (χ4n) is 2.94. The zero-order chi connectivity index (χ0) is 19.1. The van der Waals surface area contributed by atoms with E-state index < -0.39 is 0 Å². The second-order valence-electron chi connectivity index (χ2n) is 6.44. The van der Waals surface area contributed by atoms with E-state index in [1.807, 2.05) is 18.0 Å². The van der Waals surface area contributed by atoms with E-state index in [0.717, 1.165) is 18.4 Å². The van der Waals surface area contributed by atoms with Crippen molar-refractivity contribution in [1.82, 2.24) is 15.1 Å². The summed E-state index contributed by atoms with van der Waals surface area (Å²) in [5.41, 5.74) is 0.925. The first-order chi connectivity index (χ1) is 12.4. The molecule has 1 aromatic rings. The van der Waals surface area contributed by atoms with Crippen LogP contribution in [-0.4, -0.2) is 61.1 Å². The molecule has 0 aromatic heterocycles. The number of likely N-dealkylation sites (tertiary alicyclic amines) is 1. The van der Waals surface area contributed by atoms with Crippen molar-refractivity contribution in [3.8, 4) is 0 Å². The lowest BCUT2D eigenvalue weighted by molar-refractivity contribution is -0.123. The zero-order valence-electron chi connectivity index (χ0n) is 15.1. The Morgan fingerprint density at radius 2 is 2.00 bits per heavy atom. The fourth-order valence-corrected chi connectivity index (χ4v) is 3.40. The van der Waals surface area contributed by atoms with Crippen LogP contribution >= 0.6 is 23.2 Å². The second kappa shape index (κ2) is 10.00. The van der Waals surface area contributed by atoms with Crippen molar-refractivity contribution in [3.05, 3.63) is 33.8 Å². The maximum Gasteiger partial charge on any atom is 0.409 e. The standard InChI is InChI=1S/C18H25Cl2N3O3/c1-3-26-18(25)23-8-6-15(7-9-23)21-17(24)12-22(2)11-13-4-5-14(19)10-16(13)20/h4-5,10,15H,3,6-9,11-12H2,1-2H3,(H,21,24). The van der Waals surface area contributed by atoms with E-state index in [-0.39, 0.29) is 24.6 Å². The molecule has 0 unspecified atom stereocenters. The van der Waals surface area contributed by atoms with Gasteiger partial charge in [0.15, 0.2) is 0 Å². The molecule has 0 saturated carbocycles. The molecule has 0 atom stereocenters. The first-order valence-corrected chi connectivity index (χ1v) is 9.48. The first-order valence-electron chi connectivity index (χ1n) is 8.72. The van der Waals surface area contributed by atoms with Crippen LogP contribution in [0, 0.1) is 0 Å². The van der Waals surface area contributed by atoms with E-state index in [9.17, 15) is 9.59 Å². The number of halogens is 2. The van der Waals surface area contributed by atoms with Gasteiger partial charge in [0.2, 0.25) is 5.91 Å². The Balaban J connectivity index is 1.74. The van der Waals surface area contributed by atoms with Crippen LogP contribution in [0.1, 0.15) is 25.3 Å². The largest absolute Gasteiger partial charge is 0.450 e. The fraction of sp³-hybridized carbons (Fsp3) is 0.556. The van der Waals surface area contributed by atoms with Crippen LogP contribution < -0.4 is 5.32 Å². The van der Waals surface area contributed by atoms with Crippen LogP contribution in [0.5, 0.6) is 0 Å². The van der Waals surface area contributed by atoms with E-state index in [1.165, 1.54) is 0 Å². The Labute approximate surface area is 164 Å². The summed E-state index contributed by atoms with van der Waals surface area (Å²) in [6.45, 7) is 4.19. The van der Waals surface area contributed by atoms with Gasteiger partial charge in [0.05, 0.1) is 13.2 Å². The van der Waals surface area contributed by atoms with E-state index in [1.54, 1.807) is 24.0 Å². The predicted molar refractivity (Wildman–Crippen MR) is 103 cm³/mol. The maximum absolute atomic E-state index is 12.3. The molecule has 1 saturated heterocycles. The Morgan fingerprint density at radius 1 is 1.31 bits per heavy atom. The van der Waals surface area contributed by atoms with Crippen LogP contribution in [0.3, 0.4) is 0 Å². The van der Waals surface area contributed by atoms with Gasteiger partial charge in [-0.3, -0.25) is 9.69 Å². The van der Waals surface area contributed by atoms with Gasteiger partial charge >= 0.3 is 6.09 Å². The van der Waals surface area contributed by atoms with Gasteiger partial charge in [-0.25, -0.2) is 4.79 Å². The monoisotopic (exact) mass is 401 g/mol. The highest BCUT2D eigenvalue weighted by molar-refractivity contribution is 6.35. The number of benzene rings is 1. The highest BCUT2D eigenvalue weighted by Gasteiger charge is 2.24. The van der Waals surface area contributed by atoms with Gasteiger partial charge in [0.25, 0.3) is 0 Å². The predicted octanol–water partition coefficient (Wildman–Crippen LogP) is 3.16. The number of rotatable bonds is 6. The summed E-state index contributed by atoms with van der Waals surface area (Å²) in [6, 6.07) is 5.43. The molecule has 1 fully saturated rings. The van der Waals surface area contributed by atoms with Crippen molar-refractivity contribution in [2.24, 2.45) is 0 Å². The van der Waals surface area contributed by atoms with E-state index >= 15 is 0 Å². The average Bonchev–Trinajstić information content (AvgIpc) is 2.58. The summed E-state index contributed by atoms with van der Waals surface area (Å²) in [6.07, 6.45) is 1.19. The second-order valence-corrected chi connectivity index (χ2v) is 7.28. The maximum atomic E-state index is 12.3. The van der Waals surface area contributed by atoms with Gasteiger partial charge < -0.3 is 15.0 Å². The summed E-state index contributed by atoms with van der Waals surface area (Å²) in [5.74, 6) is -0.0350. The normalized spacial score (nSPS) is 15.2. The summed E-state index contributed by atoms with van der Waals surface area (Å²) in [5, 5.41) is 4.22. The number of amides is 2. The molecule has 26 heavy (non-hydrogen) atoms. The third kappa shape index (κ3) is 6.34. The molecule has 1 aromatic carbocycles. The van der Waals surface area contributed by atoms with E-state index in [0.29, 0.717) is 36.3 Å². The Kier molecular flexibility index (Phi) is 8.00. The molecule has 0 bridgehead atoms. The topological polar surface area (TPSA) is 61.9 Å². The van der Waals surface area contributed by atoms with Crippen molar-refractivity contribution in [3.63, 3.8) is 0 Å². The molecule has 6 nitrogen and oxygen atoms in total. The smallest absolute Gasteiger partial charge is 0.409 e. The molecule has 8 heteroatoms.